The normalized spacial score (nSPS) is 18.1. The van der Waals surface area contributed by atoms with Gasteiger partial charge in [0.2, 0.25) is 0 Å². The summed E-state index contributed by atoms with van der Waals surface area (Å²) in [7, 11) is 0. The Bertz CT molecular complexity index is 642. The van der Waals surface area contributed by atoms with Crippen molar-refractivity contribution in [1.29, 1.82) is 0 Å². The van der Waals surface area contributed by atoms with Gasteiger partial charge in [-0.3, -0.25) is 9.69 Å². The van der Waals surface area contributed by atoms with Crippen molar-refractivity contribution in [3.05, 3.63) is 53.3 Å². The molecule has 0 fully saturated rings. The summed E-state index contributed by atoms with van der Waals surface area (Å²) in [5, 5.41) is 11.5. The Kier molecular flexibility index (Phi) is 3.78. The minimum Gasteiger partial charge on any atom is -0.285 e. The zero-order chi connectivity index (χ0) is 14.8. The summed E-state index contributed by atoms with van der Waals surface area (Å²) in [6.07, 6.45) is 3.14. The fourth-order valence-corrected chi connectivity index (χ4v) is 2.88. The molecular weight excluding hydrogens is 260 g/mol. The molecule has 0 saturated carbocycles. The van der Waals surface area contributed by atoms with Gasteiger partial charge in [0, 0.05) is 30.4 Å². The Morgan fingerprint density at radius 2 is 1.95 bits per heavy atom. The van der Waals surface area contributed by atoms with E-state index in [9.17, 15) is 0 Å². The number of benzene rings is 1. The third-order valence-corrected chi connectivity index (χ3v) is 4.04. The lowest BCUT2D eigenvalue weighted by Gasteiger charge is -2.23. The highest BCUT2D eigenvalue weighted by molar-refractivity contribution is 5.83. The lowest BCUT2D eigenvalue weighted by atomic mass is 10.0. The second kappa shape index (κ2) is 5.72. The van der Waals surface area contributed by atoms with Crippen LogP contribution in [0.15, 0.2) is 41.6 Å². The Morgan fingerprint density at radius 3 is 2.62 bits per heavy atom. The van der Waals surface area contributed by atoms with Gasteiger partial charge in [0.05, 0.1) is 18.3 Å². The van der Waals surface area contributed by atoms with Crippen LogP contribution in [-0.4, -0.2) is 20.5 Å². The first-order valence-electron chi connectivity index (χ1n) is 7.56. The molecule has 4 nitrogen and oxygen atoms in total. The van der Waals surface area contributed by atoms with Crippen molar-refractivity contribution in [3.63, 3.8) is 0 Å². The average molecular weight is 282 g/mol. The SMILES string of the molecule is CCn1cc(CN2N=C(C)C[C@H]2c2ccccc2)c(C)n1. The molecule has 4 heteroatoms. The van der Waals surface area contributed by atoms with E-state index in [2.05, 4.69) is 67.4 Å². The van der Waals surface area contributed by atoms with Crippen molar-refractivity contribution in [1.82, 2.24) is 14.8 Å². The van der Waals surface area contributed by atoms with E-state index in [1.165, 1.54) is 16.8 Å². The van der Waals surface area contributed by atoms with Crippen LogP contribution >= 0.6 is 0 Å². The van der Waals surface area contributed by atoms with Crippen LogP contribution in [0.1, 0.15) is 43.1 Å². The van der Waals surface area contributed by atoms with Crippen LogP contribution in [0.25, 0.3) is 0 Å². The van der Waals surface area contributed by atoms with Crippen molar-refractivity contribution < 1.29 is 0 Å². The first-order chi connectivity index (χ1) is 10.2. The summed E-state index contributed by atoms with van der Waals surface area (Å²) in [5.41, 5.74) is 4.89. The minimum absolute atomic E-state index is 0.343. The maximum atomic E-state index is 4.73. The minimum atomic E-state index is 0.343. The predicted molar refractivity (Wildman–Crippen MR) is 85.1 cm³/mol. The van der Waals surface area contributed by atoms with E-state index in [0.29, 0.717) is 6.04 Å². The van der Waals surface area contributed by atoms with Gasteiger partial charge in [-0.1, -0.05) is 30.3 Å². The van der Waals surface area contributed by atoms with Crippen LogP contribution < -0.4 is 0 Å². The lowest BCUT2D eigenvalue weighted by Crippen LogP contribution is -2.19. The second-order valence-electron chi connectivity index (χ2n) is 5.66. The number of hydrogen-bond donors (Lipinski definition) is 0. The van der Waals surface area contributed by atoms with Crippen LogP contribution in [0, 0.1) is 6.92 Å². The molecule has 0 bridgehead atoms. The monoisotopic (exact) mass is 282 g/mol. The summed E-state index contributed by atoms with van der Waals surface area (Å²) >= 11 is 0. The van der Waals surface area contributed by atoms with E-state index in [-0.39, 0.29) is 0 Å². The van der Waals surface area contributed by atoms with Crippen molar-refractivity contribution in [2.24, 2.45) is 5.10 Å². The van der Waals surface area contributed by atoms with Crippen molar-refractivity contribution in [2.75, 3.05) is 0 Å². The van der Waals surface area contributed by atoms with Crippen LogP contribution in [-0.2, 0) is 13.1 Å². The maximum absolute atomic E-state index is 4.73. The molecule has 3 rings (SSSR count). The summed E-state index contributed by atoms with van der Waals surface area (Å²) in [5.74, 6) is 0. The zero-order valence-corrected chi connectivity index (χ0v) is 13.0. The molecule has 0 unspecified atom stereocenters. The van der Waals surface area contributed by atoms with Gasteiger partial charge in [-0.15, -0.1) is 0 Å². The first-order valence-corrected chi connectivity index (χ1v) is 7.56. The van der Waals surface area contributed by atoms with Gasteiger partial charge in [0.1, 0.15) is 0 Å². The molecule has 110 valence electrons. The van der Waals surface area contributed by atoms with Gasteiger partial charge in [0.15, 0.2) is 0 Å². The highest BCUT2D eigenvalue weighted by atomic mass is 15.5. The molecule has 2 heterocycles. The molecule has 0 amide bonds. The smallest absolute Gasteiger partial charge is 0.0776 e. The fourth-order valence-electron chi connectivity index (χ4n) is 2.88. The highest BCUT2D eigenvalue weighted by Crippen LogP contribution is 2.32. The largest absolute Gasteiger partial charge is 0.285 e. The molecule has 0 saturated heterocycles. The second-order valence-corrected chi connectivity index (χ2v) is 5.66. The first kappa shape index (κ1) is 13.9. The van der Waals surface area contributed by atoms with Gasteiger partial charge in [-0.05, 0) is 26.3 Å². The Morgan fingerprint density at radius 1 is 1.19 bits per heavy atom. The van der Waals surface area contributed by atoms with E-state index in [1.54, 1.807) is 0 Å². The molecule has 1 aliphatic heterocycles. The molecule has 1 aromatic carbocycles. The topological polar surface area (TPSA) is 33.4 Å². The predicted octanol–water partition coefficient (Wildman–Crippen LogP) is 3.53. The molecule has 2 aromatic rings. The molecule has 21 heavy (non-hydrogen) atoms. The van der Waals surface area contributed by atoms with E-state index in [1.807, 2.05) is 4.68 Å². The van der Waals surface area contributed by atoms with Crippen LogP contribution in [0.2, 0.25) is 0 Å². The third kappa shape index (κ3) is 2.84. The van der Waals surface area contributed by atoms with Crippen molar-refractivity contribution in [3.8, 4) is 0 Å². The summed E-state index contributed by atoms with van der Waals surface area (Å²) in [4.78, 5) is 0. The zero-order valence-electron chi connectivity index (χ0n) is 13.0. The van der Waals surface area contributed by atoms with E-state index >= 15 is 0 Å². The highest BCUT2D eigenvalue weighted by Gasteiger charge is 2.26. The van der Waals surface area contributed by atoms with Gasteiger partial charge in [0.25, 0.3) is 0 Å². The molecule has 0 spiro atoms. The van der Waals surface area contributed by atoms with Gasteiger partial charge >= 0.3 is 0 Å². The van der Waals surface area contributed by atoms with E-state index in [4.69, 9.17) is 5.10 Å². The molecular formula is C17H22N4. The number of rotatable bonds is 4. The molecule has 1 aliphatic rings. The summed E-state index contributed by atoms with van der Waals surface area (Å²) in [6, 6.07) is 11.0. The molecule has 0 N–H and O–H groups in total. The van der Waals surface area contributed by atoms with Crippen LogP contribution in [0.4, 0.5) is 0 Å². The molecule has 0 radical (unpaired) electrons. The number of nitrogens with zero attached hydrogens (tertiary/aromatic N) is 4. The molecule has 1 atom stereocenters. The van der Waals surface area contributed by atoms with Crippen molar-refractivity contribution >= 4 is 5.71 Å². The Balaban J connectivity index is 1.83. The summed E-state index contributed by atoms with van der Waals surface area (Å²) < 4.78 is 1.99. The third-order valence-electron chi connectivity index (χ3n) is 4.04. The Labute approximate surface area is 126 Å². The number of hydrogen-bond acceptors (Lipinski definition) is 3. The van der Waals surface area contributed by atoms with Gasteiger partial charge < -0.3 is 0 Å². The van der Waals surface area contributed by atoms with Crippen LogP contribution in [0.5, 0.6) is 0 Å². The number of hydrazone groups is 1. The van der Waals surface area contributed by atoms with Gasteiger partial charge in [-0.2, -0.15) is 10.2 Å². The van der Waals surface area contributed by atoms with Gasteiger partial charge in [-0.25, -0.2) is 0 Å². The number of aryl methyl sites for hydroxylation is 2. The fraction of sp³-hybridized carbons (Fsp3) is 0.412. The number of aromatic nitrogens is 2. The average Bonchev–Trinajstić information content (AvgIpc) is 3.03. The standard InChI is InChI=1S/C17H22N4/c1-4-20-11-16(14(3)19-20)12-21-17(10-13(2)18-21)15-8-6-5-7-9-15/h5-9,11,17H,4,10,12H2,1-3H3/t17-/m0/s1. The van der Waals surface area contributed by atoms with Crippen LogP contribution in [0.3, 0.4) is 0 Å². The quantitative estimate of drug-likeness (QED) is 0.859. The van der Waals surface area contributed by atoms with Crippen molar-refractivity contribution in [2.45, 2.75) is 46.3 Å². The molecule has 0 aliphatic carbocycles. The van der Waals surface area contributed by atoms with E-state index < -0.39 is 0 Å². The lowest BCUT2D eigenvalue weighted by molar-refractivity contribution is 0.224. The molecule has 1 aromatic heterocycles. The summed E-state index contributed by atoms with van der Waals surface area (Å²) in [6.45, 7) is 8.03. The Hall–Kier alpha value is -2.10. The maximum Gasteiger partial charge on any atom is 0.0776 e. The van der Waals surface area contributed by atoms with E-state index in [0.717, 1.165) is 25.2 Å².